The third-order valence-electron chi connectivity index (χ3n) is 1.65. The van der Waals surface area contributed by atoms with E-state index >= 15 is 0 Å². The molecule has 0 radical (unpaired) electrons. The molecule has 0 aromatic rings. The lowest BCUT2D eigenvalue weighted by atomic mass is 9.87. The monoisotopic (exact) mass is 164 g/mol. The molecule has 1 aliphatic rings. The first-order valence-corrected chi connectivity index (χ1v) is 4.84. The zero-order valence-corrected chi connectivity index (χ0v) is 6.74. The third kappa shape index (κ3) is 1.93. The maximum absolute atomic E-state index is 10.6. The summed E-state index contributed by atoms with van der Waals surface area (Å²) in [4.78, 5) is 0. The van der Waals surface area contributed by atoms with Crippen LogP contribution in [0.25, 0.3) is 0 Å². The lowest BCUT2D eigenvalue weighted by molar-refractivity contribution is 0.229. The van der Waals surface area contributed by atoms with Gasteiger partial charge in [-0.2, -0.15) is 0 Å². The van der Waals surface area contributed by atoms with E-state index in [9.17, 15) is 8.42 Å². The highest BCUT2D eigenvalue weighted by molar-refractivity contribution is 7.89. The zero-order valence-electron chi connectivity index (χ0n) is 5.92. The van der Waals surface area contributed by atoms with Crippen LogP contribution in [-0.4, -0.2) is 27.3 Å². The second-order valence-corrected chi connectivity index (χ2v) is 4.84. The minimum absolute atomic E-state index is 0.0903. The van der Waals surface area contributed by atoms with Gasteiger partial charge < -0.3 is 5.32 Å². The minimum Gasteiger partial charge on any atom is -0.315 e. The summed E-state index contributed by atoms with van der Waals surface area (Å²) in [6.45, 7) is 3.42. The molecule has 3 N–H and O–H groups in total. The minimum atomic E-state index is -3.28. The van der Waals surface area contributed by atoms with E-state index in [0.29, 0.717) is 0 Å². The molecule has 0 amide bonds. The summed E-state index contributed by atoms with van der Waals surface area (Å²) in [6.07, 6.45) is 0. The average molecular weight is 164 g/mol. The van der Waals surface area contributed by atoms with Crippen LogP contribution in [0, 0.1) is 5.41 Å². The van der Waals surface area contributed by atoms with Crippen LogP contribution in [0.4, 0.5) is 0 Å². The van der Waals surface area contributed by atoms with Gasteiger partial charge in [-0.3, -0.25) is 0 Å². The molecule has 1 rings (SSSR count). The van der Waals surface area contributed by atoms with E-state index in [2.05, 4.69) is 5.32 Å². The quantitative estimate of drug-likeness (QED) is 0.543. The first-order valence-electron chi connectivity index (χ1n) is 3.13. The molecular formula is C5H12N2O2S. The van der Waals surface area contributed by atoms with E-state index in [1.165, 1.54) is 0 Å². The van der Waals surface area contributed by atoms with Gasteiger partial charge in [-0.15, -0.1) is 0 Å². The van der Waals surface area contributed by atoms with Crippen molar-refractivity contribution in [3.05, 3.63) is 0 Å². The second-order valence-electron chi connectivity index (χ2n) is 3.22. The molecule has 0 saturated carbocycles. The van der Waals surface area contributed by atoms with Crippen molar-refractivity contribution in [3.63, 3.8) is 0 Å². The molecule has 4 nitrogen and oxygen atoms in total. The molecule has 10 heavy (non-hydrogen) atoms. The summed E-state index contributed by atoms with van der Waals surface area (Å²) in [5.74, 6) is 0.0903. The fourth-order valence-electron chi connectivity index (χ4n) is 1.14. The third-order valence-corrected chi connectivity index (χ3v) is 2.75. The fraction of sp³-hybridized carbons (Fsp3) is 1.00. The molecule has 1 saturated heterocycles. The first-order chi connectivity index (χ1) is 4.41. The predicted octanol–water partition coefficient (Wildman–Crippen LogP) is -1.12. The smallest absolute Gasteiger partial charge is 0.209 e. The van der Waals surface area contributed by atoms with E-state index in [0.717, 1.165) is 13.1 Å². The van der Waals surface area contributed by atoms with Gasteiger partial charge >= 0.3 is 0 Å². The van der Waals surface area contributed by atoms with Gasteiger partial charge in [-0.25, -0.2) is 13.6 Å². The molecule has 0 aromatic heterocycles. The van der Waals surface area contributed by atoms with Gasteiger partial charge in [0.25, 0.3) is 0 Å². The maximum Gasteiger partial charge on any atom is 0.209 e. The topological polar surface area (TPSA) is 72.2 Å². The Balaban J connectivity index is 2.53. The van der Waals surface area contributed by atoms with Crippen molar-refractivity contribution < 1.29 is 8.42 Å². The SMILES string of the molecule is CC1(CS(N)(=O)=O)CNC1. The molecule has 1 aliphatic heterocycles. The number of nitrogens with one attached hydrogen (secondary N) is 1. The van der Waals surface area contributed by atoms with Gasteiger partial charge in [0.15, 0.2) is 0 Å². The van der Waals surface area contributed by atoms with Gasteiger partial charge in [-0.05, 0) is 0 Å². The van der Waals surface area contributed by atoms with Crippen LogP contribution in [0.5, 0.6) is 0 Å². The van der Waals surface area contributed by atoms with Crippen molar-refractivity contribution in [2.45, 2.75) is 6.92 Å². The second kappa shape index (κ2) is 2.18. The van der Waals surface area contributed by atoms with Gasteiger partial charge in [0.1, 0.15) is 0 Å². The van der Waals surface area contributed by atoms with Crippen LogP contribution in [0.1, 0.15) is 6.92 Å². The van der Waals surface area contributed by atoms with Crippen molar-refractivity contribution >= 4 is 10.0 Å². The normalized spacial score (nSPS) is 23.8. The summed E-state index contributed by atoms with van der Waals surface area (Å²) < 4.78 is 21.2. The molecule has 60 valence electrons. The van der Waals surface area contributed by atoms with Crippen LogP contribution in [0.2, 0.25) is 0 Å². The fourth-order valence-corrected chi connectivity index (χ4v) is 2.32. The van der Waals surface area contributed by atoms with Gasteiger partial charge in [0.2, 0.25) is 10.0 Å². The van der Waals surface area contributed by atoms with E-state index in [-0.39, 0.29) is 11.2 Å². The predicted molar refractivity (Wildman–Crippen MR) is 39.0 cm³/mol. The molecule has 0 spiro atoms. The van der Waals surface area contributed by atoms with Gasteiger partial charge in [0.05, 0.1) is 5.75 Å². The lowest BCUT2D eigenvalue weighted by Gasteiger charge is -2.38. The van der Waals surface area contributed by atoms with Crippen molar-refractivity contribution in [3.8, 4) is 0 Å². The highest BCUT2D eigenvalue weighted by Crippen LogP contribution is 2.21. The van der Waals surface area contributed by atoms with Crippen molar-refractivity contribution in [2.24, 2.45) is 10.6 Å². The van der Waals surface area contributed by atoms with Crippen LogP contribution in [0.3, 0.4) is 0 Å². The number of hydrogen-bond acceptors (Lipinski definition) is 3. The largest absolute Gasteiger partial charge is 0.315 e. The van der Waals surface area contributed by atoms with Crippen molar-refractivity contribution in [1.29, 1.82) is 0 Å². The Bertz CT molecular complexity index is 218. The van der Waals surface area contributed by atoms with Crippen LogP contribution in [-0.2, 0) is 10.0 Å². The van der Waals surface area contributed by atoms with Crippen molar-refractivity contribution in [1.82, 2.24) is 5.32 Å². The summed E-state index contributed by atoms with van der Waals surface area (Å²) in [5.41, 5.74) is -0.117. The standard InChI is InChI=1S/C5H12N2O2S/c1-5(2-7-3-5)4-10(6,8)9/h7H,2-4H2,1H3,(H2,6,8,9). The van der Waals surface area contributed by atoms with Crippen LogP contribution >= 0.6 is 0 Å². The average Bonchev–Trinajstić information content (AvgIpc) is 1.57. The summed E-state index contributed by atoms with van der Waals surface area (Å²) >= 11 is 0. The zero-order chi connectivity index (χ0) is 7.83. The van der Waals surface area contributed by atoms with E-state index in [1.54, 1.807) is 0 Å². The molecule has 0 atom stereocenters. The Morgan fingerprint density at radius 1 is 1.60 bits per heavy atom. The van der Waals surface area contributed by atoms with E-state index < -0.39 is 10.0 Å². The summed E-state index contributed by atoms with van der Waals surface area (Å²) in [5, 5.41) is 7.88. The number of primary sulfonamides is 1. The molecule has 0 unspecified atom stereocenters. The highest BCUT2D eigenvalue weighted by Gasteiger charge is 2.35. The summed E-state index contributed by atoms with van der Waals surface area (Å²) in [6, 6.07) is 0. The Kier molecular flexibility index (Phi) is 1.74. The van der Waals surface area contributed by atoms with Crippen LogP contribution in [0.15, 0.2) is 0 Å². The van der Waals surface area contributed by atoms with E-state index in [4.69, 9.17) is 5.14 Å². The Hall–Kier alpha value is -0.130. The first kappa shape index (κ1) is 7.97. The molecule has 5 heteroatoms. The van der Waals surface area contributed by atoms with E-state index in [1.807, 2.05) is 6.92 Å². The molecule has 0 aromatic carbocycles. The highest BCUT2D eigenvalue weighted by atomic mass is 32.2. The number of nitrogens with two attached hydrogens (primary N) is 1. The number of rotatable bonds is 2. The molecule has 1 heterocycles. The Morgan fingerprint density at radius 2 is 2.10 bits per heavy atom. The van der Waals surface area contributed by atoms with Crippen LogP contribution < -0.4 is 10.5 Å². The number of sulfonamides is 1. The summed E-state index contributed by atoms with van der Waals surface area (Å²) in [7, 11) is -3.28. The molecule has 0 aliphatic carbocycles. The molecule has 0 bridgehead atoms. The Morgan fingerprint density at radius 3 is 2.20 bits per heavy atom. The van der Waals surface area contributed by atoms with Crippen molar-refractivity contribution in [2.75, 3.05) is 18.8 Å². The number of hydrogen-bond donors (Lipinski definition) is 2. The van der Waals surface area contributed by atoms with Gasteiger partial charge in [0, 0.05) is 18.5 Å². The lowest BCUT2D eigenvalue weighted by Crippen LogP contribution is -2.55. The molecular weight excluding hydrogens is 152 g/mol. The molecule has 1 fully saturated rings. The maximum atomic E-state index is 10.6. The van der Waals surface area contributed by atoms with Gasteiger partial charge in [-0.1, -0.05) is 6.92 Å². The Labute approximate surface area is 60.8 Å².